The molecule has 18 heavy (non-hydrogen) atoms. The van der Waals surface area contributed by atoms with Gasteiger partial charge in [-0.3, -0.25) is 9.89 Å². The molecule has 0 bridgehead atoms. The zero-order chi connectivity index (χ0) is 12.7. The molecule has 2 aliphatic carbocycles. The Hall–Kier alpha value is -1.39. The minimum Gasteiger partial charge on any atom is -0.333 e. The van der Waals surface area contributed by atoms with Gasteiger partial charge in [-0.1, -0.05) is 13.8 Å². The van der Waals surface area contributed by atoms with Crippen molar-refractivity contribution in [2.45, 2.75) is 51.5 Å². The number of aromatic amines is 1. The summed E-state index contributed by atoms with van der Waals surface area (Å²) in [6, 6.07) is 0.419. The van der Waals surface area contributed by atoms with Gasteiger partial charge in [0.05, 0.1) is 0 Å². The highest BCUT2D eigenvalue weighted by Crippen LogP contribution is 2.38. The van der Waals surface area contributed by atoms with Crippen LogP contribution in [0.25, 0.3) is 0 Å². The molecule has 2 fully saturated rings. The SMILES string of the molecule is CC(C)CN(C(=O)c1n[nH]c(C2CC2)n1)C1CC1. The molecule has 3 rings (SSSR count). The topological polar surface area (TPSA) is 61.9 Å². The standard InChI is InChI=1S/C13H20N4O/c1-8(2)7-17(10-5-6-10)13(18)12-14-11(15-16-12)9-3-4-9/h8-10H,3-7H2,1-2H3,(H,14,15,16). The molecule has 0 saturated heterocycles. The summed E-state index contributed by atoms with van der Waals surface area (Å²) in [5.74, 6) is 2.23. The van der Waals surface area contributed by atoms with Crippen molar-refractivity contribution in [3.8, 4) is 0 Å². The van der Waals surface area contributed by atoms with Gasteiger partial charge < -0.3 is 4.90 Å². The van der Waals surface area contributed by atoms with Crippen LogP contribution in [0.1, 0.15) is 61.9 Å². The first-order valence-electron chi connectivity index (χ1n) is 6.88. The lowest BCUT2D eigenvalue weighted by atomic mass is 10.2. The first-order valence-corrected chi connectivity index (χ1v) is 6.88. The lowest BCUT2D eigenvalue weighted by molar-refractivity contribution is 0.0710. The molecule has 0 radical (unpaired) electrons. The molecule has 5 nitrogen and oxygen atoms in total. The molecule has 1 amide bonds. The molecule has 5 heteroatoms. The Morgan fingerprint density at radius 3 is 2.67 bits per heavy atom. The van der Waals surface area contributed by atoms with E-state index in [0.29, 0.717) is 23.7 Å². The third kappa shape index (κ3) is 2.40. The summed E-state index contributed by atoms with van der Waals surface area (Å²) in [6.07, 6.45) is 4.58. The number of aromatic nitrogens is 3. The van der Waals surface area contributed by atoms with Crippen molar-refractivity contribution < 1.29 is 4.79 Å². The number of nitrogens with one attached hydrogen (secondary N) is 1. The van der Waals surface area contributed by atoms with Crippen LogP contribution in [0.15, 0.2) is 0 Å². The largest absolute Gasteiger partial charge is 0.333 e. The number of rotatable bonds is 5. The van der Waals surface area contributed by atoms with Crippen molar-refractivity contribution in [1.29, 1.82) is 0 Å². The number of carbonyl (C=O) groups is 1. The molecule has 1 aromatic rings. The van der Waals surface area contributed by atoms with Crippen LogP contribution in [0.4, 0.5) is 0 Å². The molecule has 1 heterocycles. The maximum absolute atomic E-state index is 12.4. The van der Waals surface area contributed by atoms with Gasteiger partial charge in [-0.15, -0.1) is 5.10 Å². The molecule has 98 valence electrons. The third-order valence-corrected chi connectivity index (χ3v) is 3.47. The quantitative estimate of drug-likeness (QED) is 0.866. The zero-order valence-electron chi connectivity index (χ0n) is 11.0. The molecular formula is C13H20N4O. The Balaban J connectivity index is 1.73. The molecule has 2 saturated carbocycles. The van der Waals surface area contributed by atoms with Crippen LogP contribution in [0.2, 0.25) is 0 Å². The van der Waals surface area contributed by atoms with Crippen molar-refractivity contribution in [3.05, 3.63) is 11.6 Å². The van der Waals surface area contributed by atoms with Gasteiger partial charge in [-0.2, -0.15) is 0 Å². The maximum Gasteiger partial charge on any atom is 0.293 e. The first kappa shape index (κ1) is 11.7. The van der Waals surface area contributed by atoms with Gasteiger partial charge >= 0.3 is 0 Å². The van der Waals surface area contributed by atoms with Crippen LogP contribution in [0, 0.1) is 5.92 Å². The highest BCUT2D eigenvalue weighted by atomic mass is 16.2. The van der Waals surface area contributed by atoms with E-state index in [1.54, 1.807) is 0 Å². The number of hydrogen-bond acceptors (Lipinski definition) is 3. The highest BCUT2D eigenvalue weighted by molar-refractivity contribution is 5.90. The molecule has 0 atom stereocenters. The van der Waals surface area contributed by atoms with Gasteiger partial charge in [-0.05, 0) is 31.6 Å². The number of hydrogen-bond donors (Lipinski definition) is 1. The average Bonchev–Trinajstić information content (AvgIpc) is 3.24. The van der Waals surface area contributed by atoms with E-state index in [0.717, 1.165) is 25.2 Å². The van der Waals surface area contributed by atoms with Gasteiger partial charge in [0.1, 0.15) is 5.82 Å². The van der Waals surface area contributed by atoms with Crippen molar-refractivity contribution in [3.63, 3.8) is 0 Å². The predicted molar refractivity (Wildman–Crippen MR) is 67.3 cm³/mol. The molecule has 0 unspecified atom stereocenters. The lowest BCUT2D eigenvalue weighted by Crippen LogP contribution is -2.36. The van der Waals surface area contributed by atoms with Crippen molar-refractivity contribution in [2.24, 2.45) is 5.92 Å². The van der Waals surface area contributed by atoms with Crippen LogP contribution in [-0.2, 0) is 0 Å². The van der Waals surface area contributed by atoms with Gasteiger partial charge in [0, 0.05) is 18.5 Å². The molecular weight excluding hydrogens is 228 g/mol. The number of nitrogens with zero attached hydrogens (tertiary/aromatic N) is 3. The van der Waals surface area contributed by atoms with E-state index >= 15 is 0 Å². The van der Waals surface area contributed by atoms with Gasteiger partial charge in [0.2, 0.25) is 5.82 Å². The number of H-pyrrole nitrogens is 1. The van der Waals surface area contributed by atoms with Crippen LogP contribution in [0.3, 0.4) is 0 Å². The normalized spacial score (nSPS) is 19.3. The molecule has 2 aliphatic rings. The van der Waals surface area contributed by atoms with Crippen molar-refractivity contribution in [2.75, 3.05) is 6.54 Å². The van der Waals surface area contributed by atoms with Crippen molar-refractivity contribution in [1.82, 2.24) is 20.1 Å². The number of carbonyl (C=O) groups excluding carboxylic acids is 1. The summed E-state index contributed by atoms with van der Waals surface area (Å²) in [6.45, 7) is 5.07. The van der Waals surface area contributed by atoms with Crippen molar-refractivity contribution >= 4 is 5.91 Å². The Labute approximate surface area is 107 Å². The summed E-state index contributed by atoms with van der Waals surface area (Å²) in [7, 11) is 0. The minimum atomic E-state index is -0.00523. The minimum absolute atomic E-state index is 0.00523. The van der Waals surface area contributed by atoms with Crippen LogP contribution >= 0.6 is 0 Å². The van der Waals surface area contributed by atoms with E-state index < -0.39 is 0 Å². The van der Waals surface area contributed by atoms with Gasteiger partial charge in [0.15, 0.2) is 0 Å². The molecule has 0 spiro atoms. The van der Waals surface area contributed by atoms with E-state index in [4.69, 9.17) is 0 Å². The second-order valence-corrected chi connectivity index (χ2v) is 5.90. The fraction of sp³-hybridized carbons (Fsp3) is 0.769. The summed E-state index contributed by atoms with van der Waals surface area (Å²) in [4.78, 5) is 18.7. The molecule has 0 aliphatic heterocycles. The monoisotopic (exact) mass is 248 g/mol. The first-order chi connectivity index (χ1) is 8.65. The van der Waals surface area contributed by atoms with Crippen LogP contribution in [-0.4, -0.2) is 38.6 Å². The maximum atomic E-state index is 12.4. The van der Waals surface area contributed by atoms with Crippen LogP contribution < -0.4 is 0 Å². The van der Waals surface area contributed by atoms with E-state index in [-0.39, 0.29) is 5.91 Å². The second kappa shape index (κ2) is 4.37. The van der Waals surface area contributed by atoms with Gasteiger partial charge in [0.25, 0.3) is 5.91 Å². The summed E-state index contributed by atoms with van der Waals surface area (Å²) >= 11 is 0. The molecule has 0 aromatic carbocycles. The Morgan fingerprint density at radius 1 is 1.39 bits per heavy atom. The van der Waals surface area contributed by atoms with E-state index in [1.165, 1.54) is 12.8 Å². The smallest absolute Gasteiger partial charge is 0.293 e. The highest BCUT2D eigenvalue weighted by Gasteiger charge is 2.35. The third-order valence-electron chi connectivity index (χ3n) is 3.47. The fourth-order valence-electron chi connectivity index (χ4n) is 2.22. The zero-order valence-corrected chi connectivity index (χ0v) is 11.0. The van der Waals surface area contributed by atoms with Crippen LogP contribution in [0.5, 0.6) is 0 Å². The predicted octanol–water partition coefficient (Wildman–Crippen LogP) is 1.94. The number of amides is 1. The lowest BCUT2D eigenvalue weighted by Gasteiger charge is -2.22. The molecule has 1 aromatic heterocycles. The van der Waals surface area contributed by atoms with E-state index in [1.807, 2.05) is 4.90 Å². The summed E-state index contributed by atoms with van der Waals surface area (Å²) in [5, 5.41) is 7.00. The summed E-state index contributed by atoms with van der Waals surface area (Å²) in [5.41, 5.74) is 0. The average molecular weight is 248 g/mol. The van der Waals surface area contributed by atoms with Gasteiger partial charge in [-0.25, -0.2) is 4.98 Å². The Kier molecular flexibility index (Phi) is 2.84. The Bertz CT molecular complexity index is 446. The molecule has 1 N–H and O–H groups in total. The Morgan fingerprint density at radius 2 is 2.11 bits per heavy atom. The van der Waals surface area contributed by atoms with E-state index in [2.05, 4.69) is 29.0 Å². The second-order valence-electron chi connectivity index (χ2n) is 5.90. The summed E-state index contributed by atoms with van der Waals surface area (Å²) < 4.78 is 0. The fourth-order valence-corrected chi connectivity index (χ4v) is 2.22. The van der Waals surface area contributed by atoms with E-state index in [9.17, 15) is 4.79 Å².